The fourth-order valence-electron chi connectivity index (χ4n) is 0. The standard InChI is InChI=1S/Ba.FH.2HNO2/c;;2*2-1-3/h;1H;2*(H,2,3)/q+2;;;/p-2. The summed E-state index contributed by atoms with van der Waals surface area (Å²) in [6.45, 7) is 0. The van der Waals surface area contributed by atoms with Crippen LogP contribution in [0.25, 0.3) is 0 Å². The van der Waals surface area contributed by atoms with Gasteiger partial charge in [0.1, 0.15) is 0 Å². The molecule has 44 valence electrons. The molecular weight excluding hydrogens is 248 g/mol. The summed E-state index contributed by atoms with van der Waals surface area (Å²) in [7, 11) is 0. The first-order valence-electron chi connectivity index (χ1n) is 0.730. The first-order valence-corrected chi connectivity index (χ1v) is 0.730. The van der Waals surface area contributed by atoms with E-state index in [1.807, 2.05) is 0 Å². The van der Waals surface area contributed by atoms with Crippen LogP contribution in [-0.4, -0.2) is 48.9 Å². The van der Waals surface area contributed by atoms with Gasteiger partial charge < -0.3 is 20.2 Å². The number of hydrogen-bond donors (Lipinski definition) is 0. The van der Waals surface area contributed by atoms with Crippen LogP contribution in [0.4, 0.5) is 4.70 Å². The Morgan fingerprint density at radius 2 is 1.00 bits per heavy atom. The van der Waals surface area contributed by atoms with E-state index in [0.717, 1.165) is 10.7 Å². The molecule has 0 spiro atoms. The van der Waals surface area contributed by atoms with Gasteiger partial charge in [-0.15, -0.1) is 10.7 Å². The van der Waals surface area contributed by atoms with E-state index in [2.05, 4.69) is 0 Å². The Morgan fingerprint density at radius 3 is 1.00 bits per heavy atom. The van der Waals surface area contributed by atoms with Gasteiger partial charge >= 0.3 is 48.9 Å². The van der Waals surface area contributed by atoms with Gasteiger partial charge in [-0.2, -0.15) is 0 Å². The van der Waals surface area contributed by atoms with E-state index >= 15 is 0 Å². The van der Waals surface area contributed by atoms with E-state index in [1.54, 1.807) is 0 Å². The van der Waals surface area contributed by atoms with Gasteiger partial charge in [-0.1, -0.05) is 0 Å². The zero-order valence-electron chi connectivity index (χ0n) is 3.64. The van der Waals surface area contributed by atoms with Crippen LogP contribution < -0.4 is 0 Å². The summed E-state index contributed by atoms with van der Waals surface area (Å²) in [4.78, 5) is 16.0. The summed E-state index contributed by atoms with van der Waals surface area (Å²) in [5.41, 5.74) is 0. The van der Waals surface area contributed by atoms with Crippen LogP contribution in [0, 0.1) is 20.2 Å². The maximum absolute atomic E-state index is 8.00. The topological polar surface area (TPSA) is 105 Å². The number of rotatable bonds is 0. The number of halogens is 1. The molecule has 0 aliphatic rings. The Labute approximate surface area is 83.6 Å². The molecule has 0 aliphatic carbocycles. The summed E-state index contributed by atoms with van der Waals surface area (Å²) in [6.07, 6.45) is 0. The molecule has 0 heterocycles. The van der Waals surface area contributed by atoms with Crippen molar-refractivity contribution in [1.82, 2.24) is 0 Å². The summed E-state index contributed by atoms with van der Waals surface area (Å²) in [6, 6.07) is 0. The zero-order valence-corrected chi connectivity index (χ0v) is 8.08. The van der Waals surface area contributed by atoms with Gasteiger partial charge in [-0.25, -0.2) is 0 Å². The predicted octanol–water partition coefficient (Wildman–Crippen LogP) is 0.273. The number of hydrogen-bond acceptors (Lipinski definition) is 6. The van der Waals surface area contributed by atoms with Gasteiger partial charge in [-0.3, -0.25) is 4.70 Å². The third-order valence-electron chi connectivity index (χ3n) is 0. The Hall–Kier alpha value is 0.301. The van der Waals surface area contributed by atoms with Crippen LogP contribution in [0.1, 0.15) is 0 Å². The van der Waals surface area contributed by atoms with Gasteiger partial charge in [0.2, 0.25) is 0 Å². The van der Waals surface area contributed by atoms with Crippen molar-refractivity contribution in [3.8, 4) is 0 Å². The van der Waals surface area contributed by atoms with Crippen molar-refractivity contribution in [2.24, 2.45) is 10.7 Å². The Kier molecular flexibility index (Phi) is 164. The SMILES string of the molecule is F.O=N[O-].O=N[O-].[Ba+2]. The quantitative estimate of drug-likeness (QED) is 0.349. The van der Waals surface area contributed by atoms with E-state index in [1.165, 1.54) is 0 Å². The molecule has 0 fully saturated rings. The first kappa shape index (κ1) is 23.9. The average molecular weight is 249 g/mol. The molecule has 0 bridgehead atoms. The third kappa shape index (κ3) is 1950. The Balaban J connectivity index is -0.0000000160. The van der Waals surface area contributed by atoms with Gasteiger partial charge in [0.05, 0.1) is 0 Å². The molecule has 0 radical (unpaired) electrons. The fraction of sp³-hybridized carbons (Fsp3) is 0. The molecular formula is HBaFN2O4. The Bertz CT molecular complexity index is 35.0. The van der Waals surface area contributed by atoms with E-state index in [0.29, 0.717) is 0 Å². The second-order valence-corrected chi connectivity index (χ2v) is 0.149. The van der Waals surface area contributed by atoms with E-state index in [9.17, 15) is 0 Å². The van der Waals surface area contributed by atoms with Gasteiger partial charge in [0, 0.05) is 0 Å². The minimum absolute atomic E-state index is 0. The van der Waals surface area contributed by atoms with Crippen molar-refractivity contribution >= 4 is 48.9 Å². The molecule has 0 unspecified atom stereocenters. The van der Waals surface area contributed by atoms with Crippen LogP contribution in [0.3, 0.4) is 0 Å². The van der Waals surface area contributed by atoms with Crippen molar-refractivity contribution in [2.75, 3.05) is 0 Å². The smallest absolute Gasteiger partial charge is 0.444 e. The van der Waals surface area contributed by atoms with Crippen LogP contribution in [0.2, 0.25) is 0 Å². The minimum Gasteiger partial charge on any atom is -0.444 e. The average Bonchev–Trinajstić information content (AvgIpc) is 1.39. The number of nitrogens with zero attached hydrogens (tertiary/aromatic N) is 2. The fourth-order valence-corrected chi connectivity index (χ4v) is 0. The molecule has 0 atom stereocenters. The van der Waals surface area contributed by atoms with Gasteiger partial charge in [-0.05, 0) is 0 Å². The van der Waals surface area contributed by atoms with E-state index in [-0.39, 0.29) is 53.6 Å². The summed E-state index contributed by atoms with van der Waals surface area (Å²) >= 11 is 0. The maximum Gasteiger partial charge on any atom is 2.00 e. The summed E-state index contributed by atoms with van der Waals surface area (Å²) < 4.78 is 0. The molecule has 0 N–H and O–H groups in total. The van der Waals surface area contributed by atoms with Gasteiger partial charge in [0.15, 0.2) is 0 Å². The monoisotopic (exact) mass is 250 g/mol. The van der Waals surface area contributed by atoms with Crippen LogP contribution >= 0.6 is 0 Å². The van der Waals surface area contributed by atoms with Gasteiger partial charge in [0.25, 0.3) is 0 Å². The molecule has 0 aromatic carbocycles. The molecule has 0 saturated carbocycles. The molecule has 0 aromatic rings. The van der Waals surface area contributed by atoms with Crippen LogP contribution in [0.5, 0.6) is 0 Å². The first-order chi connectivity index (χ1) is 2.83. The summed E-state index contributed by atoms with van der Waals surface area (Å²) in [5.74, 6) is 0. The van der Waals surface area contributed by atoms with E-state index in [4.69, 9.17) is 20.2 Å². The van der Waals surface area contributed by atoms with E-state index < -0.39 is 0 Å². The Morgan fingerprint density at radius 1 is 1.00 bits per heavy atom. The normalized spacial score (nSPS) is 3.00. The van der Waals surface area contributed by atoms with Crippen molar-refractivity contribution in [2.45, 2.75) is 0 Å². The molecule has 8 heteroatoms. The van der Waals surface area contributed by atoms with Crippen LogP contribution in [0.15, 0.2) is 10.7 Å². The second-order valence-electron chi connectivity index (χ2n) is 0.149. The largest absolute Gasteiger partial charge is 2.00 e. The molecule has 0 rings (SSSR count). The molecule has 8 heavy (non-hydrogen) atoms. The maximum atomic E-state index is 8.00. The van der Waals surface area contributed by atoms with Crippen molar-refractivity contribution in [3.63, 3.8) is 0 Å². The van der Waals surface area contributed by atoms with Crippen LogP contribution in [-0.2, 0) is 0 Å². The predicted molar refractivity (Wildman–Crippen MR) is 26.6 cm³/mol. The zero-order chi connectivity index (χ0) is 5.41. The van der Waals surface area contributed by atoms with Crippen molar-refractivity contribution < 1.29 is 4.70 Å². The second kappa shape index (κ2) is 54.7. The molecule has 0 amide bonds. The van der Waals surface area contributed by atoms with Crippen molar-refractivity contribution in [1.29, 1.82) is 0 Å². The third-order valence-corrected chi connectivity index (χ3v) is 0. The summed E-state index contributed by atoms with van der Waals surface area (Å²) in [5, 5.41) is 18.0. The molecule has 0 aliphatic heterocycles. The van der Waals surface area contributed by atoms with Crippen molar-refractivity contribution in [3.05, 3.63) is 20.2 Å². The molecule has 0 saturated heterocycles. The molecule has 6 nitrogen and oxygen atoms in total. The molecule has 0 aromatic heterocycles. The minimum atomic E-state index is 0.